The molecular weight excluding hydrogens is 325 g/mol. The molecule has 0 spiro atoms. The highest BCUT2D eigenvalue weighted by molar-refractivity contribution is 7.99. The van der Waals surface area contributed by atoms with Gasteiger partial charge in [0.05, 0.1) is 11.3 Å². The maximum Gasteiger partial charge on any atom is 0.418 e. The zero-order chi connectivity index (χ0) is 15.5. The van der Waals surface area contributed by atoms with Crippen LogP contribution < -0.4 is 10.6 Å². The van der Waals surface area contributed by atoms with Crippen LogP contribution in [-0.4, -0.2) is 30.0 Å². The van der Waals surface area contributed by atoms with Crippen molar-refractivity contribution in [3.63, 3.8) is 0 Å². The highest BCUT2D eigenvalue weighted by Crippen LogP contribution is 2.36. The number of anilines is 1. The third kappa shape index (κ3) is 4.79. The number of halogens is 4. The van der Waals surface area contributed by atoms with E-state index in [9.17, 15) is 18.0 Å². The Balaban J connectivity index is 2.06. The number of hydrogen-bond acceptors (Lipinski definition) is 3. The lowest BCUT2D eigenvalue weighted by Crippen LogP contribution is -2.40. The van der Waals surface area contributed by atoms with E-state index in [4.69, 9.17) is 11.6 Å². The van der Waals surface area contributed by atoms with Crippen molar-refractivity contribution >= 4 is 35.0 Å². The molecule has 0 radical (unpaired) electrons. The second-order valence-corrected chi connectivity index (χ2v) is 6.25. The molecule has 1 unspecified atom stereocenters. The molecule has 1 amide bonds. The smallest absolute Gasteiger partial charge is 0.325 e. The summed E-state index contributed by atoms with van der Waals surface area (Å²) in [7, 11) is 0. The summed E-state index contributed by atoms with van der Waals surface area (Å²) in [6.45, 7) is 0.803. The Hall–Kier alpha value is -0.920. The molecule has 0 aromatic heterocycles. The van der Waals surface area contributed by atoms with Crippen molar-refractivity contribution in [2.75, 3.05) is 23.4 Å². The van der Waals surface area contributed by atoms with Gasteiger partial charge in [-0.2, -0.15) is 24.9 Å². The molecule has 3 nitrogen and oxygen atoms in total. The van der Waals surface area contributed by atoms with Gasteiger partial charge in [-0.25, -0.2) is 0 Å². The molecule has 21 heavy (non-hydrogen) atoms. The summed E-state index contributed by atoms with van der Waals surface area (Å²) >= 11 is 7.31. The summed E-state index contributed by atoms with van der Waals surface area (Å²) in [4.78, 5) is 11.9. The monoisotopic (exact) mass is 338 g/mol. The summed E-state index contributed by atoms with van der Waals surface area (Å²) in [6, 6.07) is 3.30. The zero-order valence-corrected chi connectivity index (χ0v) is 12.5. The van der Waals surface area contributed by atoms with Gasteiger partial charge >= 0.3 is 6.18 Å². The van der Waals surface area contributed by atoms with Gasteiger partial charge in [0.25, 0.3) is 0 Å². The molecule has 2 rings (SSSR count). The third-order valence-electron chi connectivity index (χ3n) is 2.99. The Labute approximate surface area is 129 Å². The van der Waals surface area contributed by atoms with Gasteiger partial charge < -0.3 is 10.6 Å². The van der Waals surface area contributed by atoms with E-state index in [1.807, 2.05) is 0 Å². The standard InChI is InChI=1S/C13H14ClF3N2OS/c14-8-1-2-11(10(5-8)13(15,16)17)19-12(20)6-9-7-21-4-3-18-9/h1-2,5,9,18H,3-4,6-7H2,(H,19,20). The summed E-state index contributed by atoms with van der Waals surface area (Å²) < 4.78 is 38.7. The van der Waals surface area contributed by atoms with E-state index in [1.165, 1.54) is 12.1 Å². The Kier molecular flexibility index (Phi) is 5.40. The van der Waals surface area contributed by atoms with Gasteiger partial charge in [0.15, 0.2) is 0 Å². The molecule has 0 aliphatic carbocycles. The average molecular weight is 339 g/mol. The molecule has 1 aromatic carbocycles. The van der Waals surface area contributed by atoms with Crippen molar-refractivity contribution in [3.05, 3.63) is 28.8 Å². The van der Waals surface area contributed by atoms with Gasteiger partial charge in [0, 0.05) is 35.5 Å². The predicted molar refractivity (Wildman–Crippen MR) is 78.8 cm³/mol. The average Bonchev–Trinajstić information content (AvgIpc) is 2.40. The molecule has 116 valence electrons. The zero-order valence-electron chi connectivity index (χ0n) is 11.0. The van der Waals surface area contributed by atoms with Crippen LogP contribution in [0.25, 0.3) is 0 Å². The van der Waals surface area contributed by atoms with Crippen molar-refractivity contribution in [3.8, 4) is 0 Å². The highest BCUT2D eigenvalue weighted by atomic mass is 35.5. The molecule has 1 aliphatic rings. The molecule has 0 saturated carbocycles. The minimum atomic E-state index is -4.56. The molecule has 1 heterocycles. The van der Waals surface area contributed by atoms with E-state index in [0.717, 1.165) is 24.1 Å². The minimum Gasteiger partial charge on any atom is -0.325 e. The molecule has 8 heteroatoms. The summed E-state index contributed by atoms with van der Waals surface area (Å²) in [5.74, 6) is 1.32. The molecular formula is C13H14ClF3N2OS. The first-order valence-corrected chi connectivity index (χ1v) is 7.87. The van der Waals surface area contributed by atoms with Gasteiger partial charge in [0.2, 0.25) is 5.91 Å². The predicted octanol–water partition coefficient (Wildman–Crippen LogP) is 3.39. The van der Waals surface area contributed by atoms with Crippen molar-refractivity contribution < 1.29 is 18.0 Å². The van der Waals surface area contributed by atoms with Crippen LogP contribution in [-0.2, 0) is 11.0 Å². The van der Waals surface area contributed by atoms with E-state index in [1.54, 1.807) is 11.8 Å². The van der Waals surface area contributed by atoms with Gasteiger partial charge in [-0.3, -0.25) is 4.79 Å². The lowest BCUT2D eigenvalue weighted by Gasteiger charge is -2.23. The Bertz CT molecular complexity index is 519. The summed E-state index contributed by atoms with van der Waals surface area (Å²) in [5, 5.41) is 5.47. The number of hydrogen-bond donors (Lipinski definition) is 2. The Morgan fingerprint density at radius 2 is 2.24 bits per heavy atom. The number of nitrogens with one attached hydrogen (secondary N) is 2. The number of carbonyl (C=O) groups is 1. The lowest BCUT2D eigenvalue weighted by atomic mass is 10.1. The lowest BCUT2D eigenvalue weighted by molar-refractivity contribution is -0.137. The van der Waals surface area contributed by atoms with Gasteiger partial charge in [-0.1, -0.05) is 11.6 Å². The first-order valence-electron chi connectivity index (χ1n) is 6.34. The van der Waals surface area contributed by atoms with Crippen LogP contribution in [0.2, 0.25) is 5.02 Å². The normalized spacial score (nSPS) is 19.3. The number of carbonyl (C=O) groups excluding carboxylic acids is 1. The van der Waals surface area contributed by atoms with Crippen molar-refractivity contribution in [1.82, 2.24) is 5.32 Å². The number of rotatable bonds is 3. The molecule has 2 N–H and O–H groups in total. The number of amides is 1. The summed E-state index contributed by atoms with van der Waals surface area (Å²) in [5.41, 5.74) is -1.20. The van der Waals surface area contributed by atoms with Crippen molar-refractivity contribution in [1.29, 1.82) is 0 Å². The largest absolute Gasteiger partial charge is 0.418 e. The second-order valence-electron chi connectivity index (χ2n) is 4.67. The van der Waals surface area contributed by atoms with E-state index in [2.05, 4.69) is 10.6 Å². The molecule has 0 bridgehead atoms. The van der Waals surface area contributed by atoms with Crippen molar-refractivity contribution in [2.24, 2.45) is 0 Å². The Morgan fingerprint density at radius 3 is 2.86 bits per heavy atom. The maximum atomic E-state index is 12.9. The molecule has 1 fully saturated rings. The fourth-order valence-electron chi connectivity index (χ4n) is 2.04. The van der Waals surface area contributed by atoms with E-state index in [0.29, 0.717) is 0 Å². The maximum absolute atomic E-state index is 12.9. The van der Waals surface area contributed by atoms with Crippen LogP contribution in [0.3, 0.4) is 0 Å². The minimum absolute atomic E-state index is 0.00890. The number of thioether (sulfide) groups is 1. The van der Waals surface area contributed by atoms with E-state index >= 15 is 0 Å². The van der Waals surface area contributed by atoms with Gasteiger partial charge in [0.1, 0.15) is 0 Å². The molecule has 1 atom stereocenters. The van der Waals surface area contributed by atoms with E-state index in [-0.39, 0.29) is 23.2 Å². The van der Waals surface area contributed by atoms with Crippen LogP contribution in [0.4, 0.5) is 18.9 Å². The van der Waals surface area contributed by atoms with Crippen LogP contribution in [0.15, 0.2) is 18.2 Å². The fraction of sp³-hybridized carbons (Fsp3) is 0.462. The Morgan fingerprint density at radius 1 is 1.48 bits per heavy atom. The first-order chi connectivity index (χ1) is 9.86. The quantitative estimate of drug-likeness (QED) is 0.887. The summed E-state index contributed by atoms with van der Waals surface area (Å²) in [6.07, 6.45) is -4.42. The van der Waals surface area contributed by atoms with Crippen LogP contribution in [0.1, 0.15) is 12.0 Å². The van der Waals surface area contributed by atoms with Gasteiger partial charge in [-0.05, 0) is 18.2 Å². The first kappa shape index (κ1) is 16.5. The third-order valence-corrected chi connectivity index (χ3v) is 4.36. The second kappa shape index (κ2) is 6.89. The fourth-order valence-corrected chi connectivity index (χ4v) is 3.16. The van der Waals surface area contributed by atoms with Crippen LogP contribution in [0, 0.1) is 0 Å². The number of benzene rings is 1. The molecule has 1 aliphatic heterocycles. The van der Waals surface area contributed by atoms with Crippen LogP contribution >= 0.6 is 23.4 Å². The number of alkyl halides is 3. The molecule has 1 saturated heterocycles. The van der Waals surface area contributed by atoms with Gasteiger partial charge in [-0.15, -0.1) is 0 Å². The topological polar surface area (TPSA) is 41.1 Å². The van der Waals surface area contributed by atoms with Crippen LogP contribution in [0.5, 0.6) is 0 Å². The molecule has 1 aromatic rings. The van der Waals surface area contributed by atoms with E-state index < -0.39 is 17.6 Å². The SMILES string of the molecule is O=C(CC1CSCCN1)Nc1ccc(Cl)cc1C(F)(F)F. The highest BCUT2D eigenvalue weighted by Gasteiger charge is 2.34. The van der Waals surface area contributed by atoms with Crippen molar-refractivity contribution in [2.45, 2.75) is 18.6 Å².